The molecule has 3 atom stereocenters. The number of carbonyl (C=O) groups excluding carboxylic acids is 1. The molecule has 1 aromatic heterocycles. The van der Waals surface area contributed by atoms with E-state index < -0.39 is 6.10 Å². The Hall–Kier alpha value is -1.36. The van der Waals surface area contributed by atoms with Crippen molar-refractivity contribution < 1.29 is 9.53 Å². The number of aromatic nitrogens is 2. The van der Waals surface area contributed by atoms with Gasteiger partial charge < -0.3 is 10.1 Å². The fourth-order valence-electron chi connectivity index (χ4n) is 3.37. The molecule has 0 saturated heterocycles. The molecule has 2 fully saturated rings. The molecule has 0 aliphatic heterocycles. The van der Waals surface area contributed by atoms with Crippen LogP contribution in [0.5, 0.6) is 0 Å². The van der Waals surface area contributed by atoms with Gasteiger partial charge in [0.05, 0.1) is 6.10 Å². The molecular formula is C17H27N3O2. The topological polar surface area (TPSA) is 67.0 Å². The molecule has 1 amide bonds. The third kappa shape index (κ3) is 3.51. The van der Waals surface area contributed by atoms with Crippen molar-refractivity contribution in [3.63, 3.8) is 0 Å². The molecule has 22 heavy (non-hydrogen) atoms. The van der Waals surface area contributed by atoms with Gasteiger partial charge in [-0.3, -0.25) is 9.89 Å². The lowest BCUT2D eigenvalue weighted by molar-refractivity contribution is -0.131. The highest BCUT2D eigenvalue weighted by atomic mass is 16.5. The summed E-state index contributed by atoms with van der Waals surface area (Å²) in [6.07, 6.45) is 6.81. The quantitative estimate of drug-likeness (QED) is 0.874. The lowest BCUT2D eigenvalue weighted by Crippen LogP contribution is -2.33. The van der Waals surface area contributed by atoms with Crippen LogP contribution in [0.3, 0.4) is 0 Å². The summed E-state index contributed by atoms with van der Waals surface area (Å²) in [7, 11) is 0. The number of anilines is 1. The standard InChI is InChI=1S/C17H27N3O2/c1-10-5-4-6-14(9-10)22-12(3)17(21)18-16-11(2)15(19-20-16)13-7-8-13/h10,12-14H,4-9H2,1-3H3,(H2,18,19,20,21)/t10-,12+,14-/m1/s1. The smallest absolute Gasteiger partial charge is 0.254 e. The Morgan fingerprint density at radius 3 is 2.82 bits per heavy atom. The van der Waals surface area contributed by atoms with E-state index in [4.69, 9.17) is 4.74 Å². The minimum Gasteiger partial charge on any atom is -0.365 e. The van der Waals surface area contributed by atoms with Gasteiger partial charge in [0.1, 0.15) is 6.10 Å². The average molecular weight is 305 g/mol. The summed E-state index contributed by atoms with van der Waals surface area (Å²) in [5, 5.41) is 10.2. The molecule has 5 heteroatoms. The zero-order valence-corrected chi connectivity index (χ0v) is 13.8. The molecule has 2 N–H and O–H groups in total. The Labute approximate surface area is 132 Å². The molecule has 0 spiro atoms. The molecule has 3 rings (SSSR count). The van der Waals surface area contributed by atoms with Gasteiger partial charge in [-0.1, -0.05) is 19.8 Å². The minimum absolute atomic E-state index is 0.102. The van der Waals surface area contributed by atoms with Crippen molar-refractivity contribution in [2.24, 2.45) is 5.92 Å². The van der Waals surface area contributed by atoms with Crippen LogP contribution in [0.2, 0.25) is 0 Å². The summed E-state index contributed by atoms with van der Waals surface area (Å²) < 4.78 is 5.95. The number of nitrogens with zero attached hydrogens (tertiary/aromatic N) is 1. The fourth-order valence-corrected chi connectivity index (χ4v) is 3.37. The van der Waals surface area contributed by atoms with Gasteiger partial charge in [-0.05, 0) is 45.4 Å². The molecule has 2 saturated carbocycles. The van der Waals surface area contributed by atoms with Gasteiger partial charge in [0, 0.05) is 17.2 Å². The van der Waals surface area contributed by atoms with Crippen LogP contribution < -0.4 is 5.32 Å². The van der Waals surface area contributed by atoms with E-state index in [-0.39, 0.29) is 12.0 Å². The van der Waals surface area contributed by atoms with Crippen LogP contribution in [-0.2, 0) is 9.53 Å². The zero-order chi connectivity index (χ0) is 15.7. The number of hydrogen-bond donors (Lipinski definition) is 2. The number of H-pyrrole nitrogens is 1. The van der Waals surface area contributed by atoms with Crippen LogP contribution in [0, 0.1) is 12.8 Å². The van der Waals surface area contributed by atoms with E-state index in [2.05, 4.69) is 22.4 Å². The third-order valence-corrected chi connectivity index (χ3v) is 4.93. The Bertz CT molecular complexity index is 536. The van der Waals surface area contributed by atoms with Gasteiger partial charge in [0.25, 0.3) is 5.91 Å². The summed E-state index contributed by atoms with van der Waals surface area (Å²) in [6.45, 7) is 6.10. The lowest BCUT2D eigenvalue weighted by Gasteiger charge is -2.28. The van der Waals surface area contributed by atoms with E-state index in [9.17, 15) is 4.79 Å². The number of ether oxygens (including phenoxy) is 1. The Kier molecular flexibility index (Phi) is 4.52. The number of rotatable bonds is 5. The highest BCUT2D eigenvalue weighted by Gasteiger charge is 2.29. The maximum absolute atomic E-state index is 12.3. The molecule has 0 unspecified atom stereocenters. The van der Waals surface area contributed by atoms with Crippen molar-refractivity contribution in [3.8, 4) is 0 Å². The van der Waals surface area contributed by atoms with E-state index in [1.165, 1.54) is 31.4 Å². The minimum atomic E-state index is -0.434. The summed E-state index contributed by atoms with van der Waals surface area (Å²) in [5.41, 5.74) is 2.24. The Morgan fingerprint density at radius 1 is 1.36 bits per heavy atom. The molecule has 0 bridgehead atoms. The van der Waals surface area contributed by atoms with Crippen LogP contribution >= 0.6 is 0 Å². The fraction of sp³-hybridized carbons (Fsp3) is 0.765. The van der Waals surface area contributed by atoms with Gasteiger partial charge in [-0.2, -0.15) is 5.10 Å². The molecule has 1 heterocycles. The largest absolute Gasteiger partial charge is 0.365 e. The van der Waals surface area contributed by atoms with Gasteiger partial charge in [0.15, 0.2) is 5.82 Å². The molecule has 2 aliphatic rings. The van der Waals surface area contributed by atoms with Crippen LogP contribution in [0.25, 0.3) is 0 Å². The van der Waals surface area contributed by atoms with Crippen molar-refractivity contribution in [1.82, 2.24) is 10.2 Å². The SMILES string of the molecule is Cc1c(NC(=O)[C@H](C)O[C@@H]2CCC[C@@H](C)C2)n[nH]c1C1CC1. The van der Waals surface area contributed by atoms with Gasteiger partial charge in [-0.15, -0.1) is 0 Å². The Morgan fingerprint density at radius 2 is 2.14 bits per heavy atom. The van der Waals surface area contributed by atoms with Crippen molar-refractivity contribution in [2.45, 2.75) is 77.4 Å². The summed E-state index contributed by atoms with van der Waals surface area (Å²) >= 11 is 0. The summed E-state index contributed by atoms with van der Waals surface area (Å²) in [5.74, 6) is 1.86. The second kappa shape index (κ2) is 6.41. The molecule has 5 nitrogen and oxygen atoms in total. The van der Waals surface area contributed by atoms with Crippen molar-refractivity contribution in [3.05, 3.63) is 11.3 Å². The molecule has 2 aliphatic carbocycles. The normalized spacial score (nSPS) is 26.7. The number of aromatic amines is 1. The maximum Gasteiger partial charge on any atom is 0.254 e. The van der Waals surface area contributed by atoms with Gasteiger partial charge in [0.2, 0.25) is 0 Å². The lowest BCUT2D eigenvalue weighted by atomic mass is 9.88. The van der Waals surface area contributed by atoms with Crippen LogP contribution in [-0.4, -0.2) is 28.3 Å². The van der Waals surface area contributed by atoms with E-state index >= 15 is 0 Å². The monoisotopic (exact) mass is 305 g/mol. The first-order chi connectivity index (χ1) is 10.5. The molecule has 122 valence electrons. The number of carbonyl (C=O) groups is 1. The first-order valence-electron chi connectivity index (χ1n) is 8.55. The van der Waals surface area contributed by atoms with Crippen molar-refractivity contribution in [1.29, 1.82) is 0 Å². The molecule has 0 aromatic carbocycles. The molecular weight excluding hydrogens is 278 g/mol. The second-order valence-electron chi connectivity index (χ2n) is 7.05. The third-order valence-electron chi connectivity index (χ3n) is 4.93. The van der Waals surface area contributed by atoms with Gasteiger partial charge in [-0.25, -0.2) is 0 Å². The van der Waals surface area contributed by atoms with E-state index in [0.717, 1.165) is 18.4 Å². The maximum atomic E-state index is 12.3. The van der Waals surface area contributed by atoms with E-state index in [1.807, 2.05) is 13.8 Å². The highest BCUT2D eigenvalue weighted by molar-refractivity contribution is 5.93. The number of hydrogen-bond acceptors (Lipinski definition) is 3. The number of amides is 1. The van der Waals surface area contributed by atoms with Crippen LogP contribution in [0.1, 0.15) is 69.5 Å². The highest BCUT2D eigenvalue weighted by Crippen LogP contribution is 2.41. The van der Waals surface area contributed by atoms with Crippen LogP contribution in [0.4, 0.5) is 5.82 Å². The summed E-state index contributed by atoms with van der Waals surface area (Å²) in [6, 6.07) is 0. The van der Waals surface area contributed by atoms with Crippen molar-refractivity contribution in [2.75, 3.05) is 5.32 Å². The van der Waals surface area contributed by atoms with Crippen LogP contribution in [0.15, 0.2) is 0 Å². The predicted octanol–water partition coefficient (Wildman–Crippen LogP) is 3.52. The van der Waals surface area contributed by atoms with E-state index in [0.29, 0.717) is 17.7 Å². The average Bonchev–Trinajstić information content (AvgIpc) is 3.25. The Balaban J connectivity index is 1.54. The zero-order valence-electron chi connectivity index (χ0n) is 13.8. The first kappa shape index (κ1) is 15.5. The number of nitrogens with one attached hydrogen (secondary N) is 2. The molecule has 0 radical (unpaired) electrons. The molecule has 1 aromatic rings. The van der Waals surface area contributed by atoms with Gasteiger partial charge >= 0.3 is 0 Å². The van der Waals surface area contributed by atoms with E-state index in [1.54, 1.807) is 0 Å². The van der Waals surface area contributed by atoms with Crippen molar-refractivity contribution >= 4 is 11.7 Å². The second-order valence-corrected chi connectivity index (χ2v) is 7.05. The first-order valence-corrected chi connectivity index (χ1v) is 8.55. The predicted molar refractivity (Wildman–Crippen MR) is 85.9 cm³/mol. The summed E-state index contributed by atoms with van der Waals surface area (Å²) in [4.78, 5) is 12.3.